The number of nitriles is 1. The number of aromatic nitrogens is 1. The fraction of sp³-hybridized carbons (Fsp3) is 0.238. The monoisotopic (exact) mass is 414 g/mol. The number of alkyl halides is 3. The number of benzene rings is 2. The van der Waals surface area contributed by atoms with Crippen LogP contribution in [-0.2, 0) is 6.42 Å². The van der Waals surface area contributed by atoms with Gasteiger partial charge in [0.2, 0.25) is 0 Å². The van der Waals surface area contributed by atoms with Gasteiger partial charge in [0.1, 0.15) is 5.75 Å². The molecule has 0 saturated heterocycles. The molecule has 2 aromatic carbocycles. The molecule has 9 heteroatoms. The number of ether oxygens (including phenoxy) is 1. The smallest absolute Gasteiger partial charge is 0.414 e. The van der Waals surface area contributed by atoms with Crippen molar-refractivity contribution in [3.8, 4) is 11.8 Å². The summed E-state index contributed by atoms with van der Waals surface area (Å²) in [5, 5.41) is 12.0. The van der Waals surface area contributed by atoms with Crippen molar-refractivity contribution in [3.63, 3.8) is 0 Å². The number of rotatable bonds is 2. The standard InChI is InChI=1S/C21H17F3N4O2/c1-30-14-6-7-17-16(10-14)15-8-9-28(19(18(15)27-17)21(22,23)24)20(29)26-13-4-2-12(11-25)3-5-13/h2-7,10,19,27H,8-9H2,1H3,(H,26,29). The molecule has 1 atom stereocenters. The van der Waals surface area contributed by atoms with E-state index in [1.807, 2.05) is 6.07 Å². The molecule has 0 spiro atoms. The Morgan fingerprint density at radius 1 is 1.27 bits per heavy atom. The summed E-state index contributed by atoms with van der Waals surface area (Å²) in [4.78, 5) is 16.4. The van der Waals surface area contributed by atoms with Crippen LogP contribution in [0.5, 0.6) is 5.75 Å². The molecule has 2 heterocycles. The lowest BCUT2D eigenvalue weighted by Crippen LogP contribution is -2.48. The van der Waals surface area contributed by atoms with Gasteiger partial charge in [-0.2, -0.15) is 18.4 Å². The van der Waals surface area contributed by atoms with Gasteiger partial charge in [-0.25, -0.2) is 4.79 Å². The first-order chi connectivity index (χ1) is 14.3. The number of fused-ring (bicyclic) bond motifs is 3. The number of nitrogens with one attached hydrogen (secondary N) is 2. The largest absolute Gasteiger partial charge is 0.497 e. The molecule has 0 radical (unpaired) electrons. The Labute approximate surface area is 169 Å². The number of aromatic amines is 1. The molecule has 2 N–H and O–H groups in total. The molecule has 0 saturated carbocycles. The fourth-order valence-corrected chi connectivity index (χ4v) is 3.78. The Morgan fingerprint density at radius 3 is 2.63 bits per heavy atom. The van der Waals surface area contributed by atoms with Crippen molar-refractivity contribution in [2.24, 2.45) is 0 Å². The number of halogens is 3. The first kappa shape index (κ1) is 19.6. The van der Waals surface area contributed by atoms with E-state index in [4.69, 9.17) is 10.00 Å². The van der Waals surface area contributed by atoms with Gasteiger partial charge in [-0.1, -0.05) is 0 Å². The van der Waals surface area contributed by atoms with E-state index >= 15 is 0 Å². The van der Waals surface area contributed by atoms with Crippen molar-refractivity contribution in [1.82, 2.24) is 9.88 Å². The minimum absolute atomic E-state index is 0.0352. The van der Waals surface area contributed by atoms with E-state index in [2.05, 4.69) is 10.3 Å². The van der Waals surface area contributed by atoms with Crippen molar-refractivity contribution >= 4 is 22.6 Å². The van der Waals surface area contributed by atoms with E-state index in [-0.39, 0.29) is 18.7 Å². The minimum Gasteiger partial charge on any atom is -0.497 e. The van der Waals surface area contributed by atoms with Crippen LogP contribution >= 0.6 is 0 Å². The summed E-state index contributed by atoms with van der Waals surface area (Å²) < 4.78 is 47.3. The summed E-state index contributed by atoms with van der Waals surface area (Å²) in [5.74, 6) is 0.550. The first-order valence-electron chi connectivity index (χ1n) is 9.15. The number of carbonyl (C=O) groups excluding carboxylic acids is 1. The van der Waals surface area contributed by atoms with Gasteiger partial charge in [0.15, 0.2) is 6.04 Å². The molecule has 1 unspecified atom stereocenters. The highest BCUT2D eigenvalue weighted by Crippen LogP contribution is 2.44. The van der Waals surface area contributed by atoms with Gasteiger partial charge in [0, 0.05) is 23.1 Å². The van der Waals surface area contributed by atoms with E-state index in [0.29, 0.717) is 33.5 Å². The summed E-state index contributed by atoms with van der Waals surface area (Å²) in [5.41, 5.74) is 1.76. The highest BCUT2D eigenvalue weighted by atomic mass is 19.4. The Bertz CT molecular complexity index is 1150. The Kier molecular flexibility index (Phi) is 4.78. The molecule has 0 fully saturated rings. The zero-order valence-electron chi connectivity index (χ0n) is 15.9. The van der Waals surface area contributed by atoms with Gasteiger partial charge in [-0.05, 0) is 54.4 Å². The highest BCUT2D eigenvalue weighted by Gasteiger charge is 2.50. The molecule has 30 heavy (non-hydrogen) atoms. The molecule has 1 aliphatic heterocycles. The summed E-state index contributed by atoms with van der Waals surface area (Å²) >= 11 is 0. The van der Waals surface area contributed by atoms with E-state index < -0.39 is 18.2 Å². The van der Waals surface area contributed by atoms with Crippen molar-refractivity contribution in [3.05, 3.63) is 59.3 Å². The zero-order chi connectivity index (χ0) is 21.5. The second-order valence-electron chi connectivity index (χ2n) is 6.94. The van der Waals surface area contributed by atoms with Crippen LogP contribution in [0.1, 0.15) is 22.9 Å². The average molecular weight is 414 g/mol. The Morgan fingerprint density at radius 2 is 2.00 bits per heavy atom. The zero-order valence-corrected chi connectivity index (χ0v) is 15.9. The van der Waals surface area contributed by atoms with Crippen LogP contribution < -0.4 is 10.1 Å². The third kappa shape index (κ3) is 3.41. The number of H-pyrrole nitrogens is 1. The number of amides is 2. The lowest BCUT2D eigenvalue weighted by atomic mass is 9.97. The van der Waals surface area contributed by atoms with Crippen molar-refractivity contribution in [2.75, 3.05) is 19.0 Å². The second kappa shape index (κ2) is 7.30. The maximum atomic E-state index is 14.0. The summed E-state index contributed by atoms with van der Waals surface area (Å²) in [6, 6.07) is 9.94. The maximum absolute atomic E-state index is 14.0. The van der Waals surface area contributed by atoms with Gasteiger partial charge in [-0.3, -0.25) is 0 Å². The molecule has 1 aromatic heterocycles. The van der Waals surface area contributed by atoms with Crippen molar-refractivity contribution < 1.29 is 22.7 Å². The predicted molar refractivity (Wildman–Crippen MR) is 104 cm³/mol. The second-order valence-corrected chi connectivity index (χ2v) is 6.94. The molecule has 2 amide bonds. The van der Waals surface area contributed by atoms with Crippen molar-refractivity contribution in [2.45, 2.75) is 18.6 Å². The lowest BCUT2D eigenvalue weighted by molar-refractivity contribution is -0.180. The average Bonchev–Trinajstić information content (AvgIpc) is 3.10. The van der Waals surface area contributed by atoms with Crippen LogP contribution in [0.15, 0.2) is 42.5 Å². The summed E-state index contributed by atoms with van der Waals surface area (Å²) in [6.07, 6.45) is -4.39. The van der Waals surface area contributed by atoms with Gasteiger partial charge >= 0.3 is 12.2 Å². The van der Waals surface area contributed by atoms with Crippen LogP contribution in [0, 0.1) is 11.3 Å². The third-order valence-corrected chi connectivity index (χ3v) is 5.17. The normalized spacial score (nSPS) is 16.1. The van der Waals surface area contributed by atoms with Crippen LogP contribution in [0.2, 0.25) is 0 Å². The molecule has 1 aliphatic rings. The molecular formula is C21H17F3N4O2. The van der Waals surface area contributed by atoms with Gasteiger partial charge in [-0.15, -0.1) is 0 Å². The van der Waals surface area contributed by atoms with E-state index in [9.17, 15) is 18.0 Å². The number of hydrogen-bond donors (Lipinski definition) is 2. The number of nitrogens with zero attached hydrogens (tertiary/aromatic N) is 2. The minimum atomic E-state index is -4.66. The molecule has 4 rings (SSSR count). The lowest BCUT2D eigenvalue weighted by Gasteiger charge is -2.36. The number of urea groups is 1. The van der Waals surface area contributed by atoms with Crippen LogP contribution in [-0.4, -0.2) is 35.7 Å². The van der Waals surface area contributed by atoms with E-state index in [1.165, 1.54) is 31.4 Å². The Hall–Kier alpha value is -3.67. The van der Waals surface area contributed by atoms with Crippen LogP contribution in [0.4, 0.5) is 23.7 Å². The Balaban J connectivity index is 1.69. The molecule has 3 aromatic rings. The fourth-order valence-electron chi connectivity index (χ4n) is 3.78. The quantitative estimate of drug-likeness (QED) is 0.636. The number of anilines is 1. The van der Waals surface area contributed by atoms with Gasteiger partial charge in [0.25, 0.3) is 0 Å². The summed E-state index contributed by atoms with van der Waals surface area (Å²) in [6.45, 7) is -0.0938. The topological polar surface area (TPSA) is 81.2 Å². The number of methoxy groups -OCH3 is 1. The molecule has 154 valence electrons. The predicted octanol–water partition coefficient (Wildman–Crippen LogP) is 4.74. The molecule has 0 aliphatic carbocycles. The van der Waals surface area contributed by atoms with Gasteiger partial charge < -0.3 is 19.9 Å². The van der Waals surface area contributed by atoms with Crippen molar-refractivity contribution in [1.29, 1.82) is 5.26 Å². The number of carbonyl (C=O) groups is 1. The van der Waals surface area contributed by atoms with Crippen LogP contribution in [0.3, 0.4) is 0 Å². The van der Waals surface area contributed by atoms with E-state index in [1.54, 1.807) is 18.2 Å². The SMILES string of the molecule is COc1ccc2[nH]c3c(c2c1)CCN(C(=O)Nc1ccc(C#N)cc1)C3C(F)(F)F. The van der Waals surface area contributed by atoms with Crippen LogP contribution in [0.25, 0.3) is 10.9 Å². The molecular weight excluding hydrogens is 397 g/mol. The maximum Gasteiger partial charge on any atom is 0.414 e. The third-order valence-electron chi connectivity index (χ3n) is 5.17. The number of hydrogen-bond acceptors (Lipinski definition) is 3. The van der Waals surface area contributed by atoms with Gasteiger partial charge in [0.05, 0.1) is 24.4 Å². The first-order valence-corrected chi connectivity index (χ1v) is 9.15. The molecule has 0 bridgehead atoms. The highest BCUT2D eigenvalue weighted by molar-refractivity contribution is 5.91. The molecule has 6 nitrogen and oxygen atoms in total. The van der Waals surface area contributed by atoms with E-state index in [0.717, 1.165) is 4.90 Å². The summed E-state index contributed by atoms with van der Waals surface area (Å²) in [7, 11) is 1.49.